The molecule has 0 saturated heterocycles. The molecule has 14 heavy (non-hydrogen) atoms. The fraction of sp³-hybridized carbons (Fsp3) is 0.778. The Morgan fingerprint density at radius 2 is 2.36 bits per heavy atom. The van der Waals surface area contributed by atoms with Gasteiger partial charge in [0.1, 0.15) is 5.54 Å². The van der Waals surface area contributed by atoms with Crippen LogP contribution in [0.1, 0.15) is 24.6 Å². The van der Waals surface area contributed by atoms with Crippen LogP contribution in [0.4, 0.5) is 0 Å². The van der Waals surface area contributed by atoms with E-state index in [4.69, 9.17) is 15.0 Å². The van der Waals surface area contributed by atoms with E-state index >= 15 is 0 Å². The molecule has 0 aromatic carbocycles. The first-order valence-corrected chi connectivity index (χ1v) is 4.75. The van der Waals surface area contributed by atoms with Crippen LogP contribution in [-0.2, 0) is 10.3 Å². The van der Waals surface area contributed by atoms with Crippen LogP contribution >= 0.6 is 0 Å². The summed E-state index contributed by atoms with van der Waals surface area (Å²) in [5.74, 6) is 1.55. The topological polar surface area (TPSA) is 74.2 Å². The molecular formula is C9H15N3O2. The van der Waals surface area contributed by atoms with Gasteiger partial charge >= 0.3 is 0 Å². The summed E-state index contributed by atoms with van der Waals surface area (Å²) in [6.45, 7) is 2.20. The van der Waals surface area contributed by atoms with E-state index in [2.05, 4.69) is 10.1 Å². The molecule has 78 valence electrons. The minimum Gasteiger partial charge on any atom is -0.382 e. The molecule has 2 rings (SSSR count). The van der Waals surface area contributed by atoms with Gasteiger partial charge in [0.25, 0.3) is 0 Å². The van der Waals surface area contributed by atoms with Gasteiger partial charge in [0.2, 0.25) is 5.89 Å². The van der Waals surface area contributed by atoms with Crippen LogP contribution in [0, 0.1) is 12.8 Å². The maximum absolute atomic E-state index is 6.24. The van der Waals surface area contributed by atoms with Crippen LogP contribution in [0.3, 0.4) is 0 Å². The maximum Gasteiger partial charge on any atom is 0.223 e. The summed E-state index contributed by atoms with van der Waals surface area (Å²) < 4.78 is 10.1. The minimum atomic E-state index is -0.563. The van der Waals surface area contributed by atoms with E-state index < -0.39 is 5.54 Å². The Hall–Kier alpha value is -0.940. The number of methoxy groups -OCH3 is 1. The average Bonchev–Trinajstić information content (AvgIpc) is 2.90. The zero-order chi connectivity index (χ0) is 10.2. The van der Waals surface area contributed by atoms with Crippen LogP contribution in [0.15, 0.2) is 4.52 Å². The Labute approximate surface area is 82.6 Å². The fourth-order valence-electron chi connectivity index (χ4n) is 1.69. The molecule has 5 heteroatoms. The molecule has 1 atom stereocenters. The Morgan fingerprint density at radius 1 is 1.64 bits per heavy atom. The Kier molecular flexibility index (Phi) is 2.28. The van der Waals surface area contributed by atoms with Crippen LogP contribution in [-0.4, -0.2) is 23.9 Å². The number of rotatable bonds is 4. The van der Waals surface area contributed by atoms with Crippen LogP contribution in [0.2, 0.25) is 0 Å². The summed E-state index contributed by atoms with van der Waals surface area (Å²) in [6, 6.07) is 0. The smallest absolute Gasteiger partial charge is 0.223 e. The van der Waals surface area contributed by atoms with Gasteiger partial charge in [-0.1, -0.05) is 5.16 Å². The molecule has 0 amide bonds. The predicted octanol–water partition coefficient (Wildman–Crippen LogP) is 0.588. The quantitative estimate of drug-likeness (QED) is 0.764. The van der Waals surface area contributed by atoms with Gasteiger partial charge in [-0.15, -0.1) is 0 Å². The first kappa shape index (κ1) is 9.61. The summed E-state index contributed by atoms with van der Waals surface area (Å²) >= 11 is 0. The molecule has 5 nitrogen and oxygen atoms in total. The molecule has 1 fully saturated rings. The Bertz CT molecular complexity index is 322. The third kappa shape index (κ3) is 1.53. The van der Waals surface area contributed by atoms with Gasteiger partial charge in [0, 0.05) is 14.0 Å². The molecule has 1 saturated carbocycles. The highest BCUT2D eigenvalue weighted by molar-refractivity contribution is 5.11. The molecule has 1 aromatic rings. The highest BCUT2D eigenvalue weighted by Crippen LogP contribution is 2.43. The largest absolute Gasteiger partial charge is 0.382 e. The van der Waals surface area contributed by atoms with E-state index in [1.807, 2.05) is 0 Å². The van der Waals surface area contributed by atoms with Crippen molar-refractivity contribution in [2.24, 2.45) is 11.7 Å². The number of aryl methyl sites for hydroxylation is 1. The molecule has 1 heterocycles. The number of ether oxygens (including phenoxy) is 1. The molecule has 1 aliphatic carbocycles. The lowest BCUT2D eigenvalue weighted by Gasteiger charge is -2.24. The standard InChI is InChI=1S/C9H15N3O2/c1-6-11-8(12-14-6)9(10,5-13-2)7-3-4-7/h7H,3-5,10H2,1-2H3. The van der Waals surface area contributed by atoms with E-state index in [0.29, 0.717) is 24.2 Å². The van der Waals surface area contributed by atoms with Gasteiger partial charge in [0.15, 0.2) is 5.82 Å². The lowest BCUT2D eigenvalue weighted by Crippen LogP contribution is -2.44. The Morgan fingerprint density at radius 3 is 2.79 bits per heavy atom. The molecule has 0 spiro atoms. The summed E-state index contributed by atoms with van der Waals surface area (Å²) in [6.07, 6.45) is 2.24. The lowest BCUT2D eigenvalue weighted by molar-refractivity contribution is 0.112. The van der Waals surface area contributed by atoms with Crippen molar-refractivity contribution in [1.82, 2.24) is 10.1 Å². The second kappa shape index (κ2) is 3.33. The first-order chi connectivity index (χ1) is 6.66. The molecule has 1 aromatic heterocycles. The lowest BCUT2D eigenvalue weighted by atomic mass is 9.95. The number of aromatic nitrogens is 2. The van der Waals surface area contributed by atoms with Crippen molar-refractivity contribution in [3.8, 4) is 0 Å². The molecular weight excluding hydrogens is 182 g/mol. The fourth-order valence-corrected chi connectivity index (χ4v) is 1.69. The Balaban J connectivity index is 2.25. The molecule has 0 bridgehead atoms. The summed E-state index contributed by atoms with van der Waals surface area (Å²) in [4.78, 5) is 4.18. The third-order valence-corrected chi connectivity index (χ3v) is 2.63. The highest BCUT2D eigenvalue weighted by atomic mass is 16.5. The first-order valence-electron chi connectivity index (χ1n) is 4.75. The van der Waals surface area contributed by atoms with Gasteiger partial charge in [-0.3, -0.25) is 0 Å². The van der Waals surface area contributed by atoms with E-state index in [0.717, 1.165) is 12.8 Å². The van der Waals surface area contributed by atoms with E-state index in [-0.39, 0.29) is 0 Å². The predicted molar refractivity (Wildman–Crippen MR) is 49.5 cm³/mol. The van der Waals surface area contributed by atoms with Gasteiger partial charge in [-0.05, 0) is 18.8 Å². The zero-order valence-electron chi connectivity index (χ0n) is 8.49. The van der Waals surface area contributed by atoms with Gasteiger partial charge in [-0.25, -0.2) is 0 Å². The normalized spacial score (nSPS) is 20.8. The maximum atomic E-state index is 6.24. The number of nitrogens with two attached hydrogens (primary N) is 1. The SMILES string of the molecule is COCC(N)(c1noc(C)n1)C1CC1. The number of hydrogen-bond donors (Lipinski definition) is 1. The van der Waals surface area contributed by atoms with Crippen molar-refractivity contribution < 1.29 is 9.26 Å². The zero-order valence-corrected chi connectivity index (χ0v) is 8.49. The molecule has 0 radical (unpaired) electrons. The second-order valence-corrected chi connectivity index (χ2v) is 3.88. The molecule has 1 unspecified atom stereocenters. The van der Waals surface area contributed by atoms with Gasteiger partial charge in [-0.2, -0.15) is 4.98 Å². The summed E-state index contributed by atoms with van der Waals surface area (Å²) in [5.41, 5.74) is 5.68. The van der Waals surface area contributed by atoms with Crippen molar-refractivity contribution >= 4 is 0 Å². The summed E-state index contributed by atoms with van der Waals surface area (Å²) in [5, 5.41) is 3.88. The van der Waals surface area contributed by atoms with Gasteiger partial charge in [0.05, 0.1) is 6.61 Å². The van der Waals surface area contributed by atoms with Crippen LogP contribution in [0.5, 0.6) is 0 Å². The minimum absolute atomic E-state index is 0.430. The second-order valence-electron chi connectivity index (χ2n) is 3.88. The number of hydrogen-bond acceptors (Lipinski definition) is 5. The average molecular weight is 197 g/mol. The van der Waals surface area contributed by atoms with Gasteiger partial charge < -0.3 is 15.0 Å². The van der Waals surface area contributed by atoms with E-state index in [9.17, 15) is 0 Å². The molecule has 1 aliphatic rings. The molecule has 2 N–H and O–H groups in total. The van der Waals surface area contributed by atoms with Crippen LogP contribution < -0.4 is 5.73 Å². The van der Waals surface area contributed by atoms with Crippen molar-refractivity contribution in [2.75, 3.05) is 13.7 Å². The van der Waals surface area contributed by atoms with E-state index in [1.54, 1.807) is 14.0 Å². The van der Waals surface area contributed by atoms with Crippen LogP contribution in [0.25, 0.3) is 0 Å². The third-order valence-electron chi connectivity index (χ3n) is 2.63. The van der Waals surface area contributed by atoms with Crippen molar-refractivity contribution in [1.29, 1.82) is 0 Å². The van der Waals surface area contributed by atoms with Crippen molar-refractivity contribution in [3.05, 3.63) is 11.7 Å². The highest BCUT2D eigenvalue weighted by Gasteiger charge is 2.46. The van der Waals surface area contributed by atoms with E-state index in [1.165, 1.54) is 0 Å². The monoisotopic (exact) mass is 197 g/mol. The number of nitrogens with zero attached hydrogens (tertiary/aromatic N) is 2. The molecule has 0 aliphatic heterocycles. The van der Waals surface area contributed by atoms with Crippen molar-refractivity contribution in [2.45, 2.75) is 25.3 Å². The van der Waals surface area contributed by atoms with Crippen molar-refractivity contribution in [3.63, 3.8) is 0 Å². The summed E-state index contributed by atoms with van der Waals surface area (Å²) in [7, 11) is 1.64.